The Morgan fingerprint density at radius 2 is 1.97 bits per heavy atom. The first-order chi connectivity index (χ1) is 15.9. The predicted molar refractivity (Wildman–Crippen MR) is 133 cm³/mol. The van der Waals surface area contributed by atoms with Gasteiger partial charge in [-0.3, -0.25) is 4.79 Å². The van der Waals surface area contributed by atoms with E-state index < -0.39 is 0 Å². The number of carbonyl (C=O) groups is 1. The Labute approximate surface area is 196 Å². The number of nitrogens with zero attached hydrogens (tertiary/aromatic N) is 4. The quantitative estimate of drug-likeness (QED) is 0.474. The van der Waals surface area contributed by atoms with E-state index in [1.165, 1.54) is 7.11 Å². The molecule has 5 rings (SSSR count). The van der Waals surface area contributed by atoms with Gasteiger partial charge in [0.25, 0.3) is 5.91 Å². The Bertz CT molecular complexity index is 1340. The van der Waals surface area contributed by atoms with Gasteiger partial charge in [-0.1, -0.05) is 0 Å². The minimum Gasteiger partial charge on any atom is -0.467 e. The summed E-state index contributed by atoms with van der Waals surface area (Å²) in [6, 6.07) is 10.5. The minimum atomic E-state index is -0.236. The largest absolute Gasteiger partial charge is 0.467 e. The van der Waals surface area contributed by atoms with Crippen molar-refractivity contribution in [3.63, 3.8) is 0 Å². The Hall–Kier alpha value is -3.30. The van der Waals surface area contributed by atoms with Gasteiger partial charge in [0, 0.05) is 48.1 Å². The zero-order valence-electron chi connectivity index (χ0n) is 19.0. The first kappa shape index (κ1) is 21.5. The summed E-state index contributed by atoms with van der Waals surface area (Å²) in [7, 11) is 1.52. The van der Waals surface area contributed by atoms with E-state index in [1.54, 1.807) is 17.5 Å². The SMILES string of the molecule is COc1ncc2c(N3C[C@H](C)N[C@@H](C)C3)ccc(C(=O)Nc3ccc4sc(C)nc4c3)c2n1. The van der Waals surface area contributed by atoms with E-state index in [2.05, 4.69) is 44.3 Å². The van der Waals surface area contributed by atoms with Gasteiger partial charge in [-0.2, -0.15) is 4.98 Å². The number of benzene rings is 2. The average molecular weight is 463 g/mol. The molecule has 0 aliphatic carbocycles. The molecule has 170 valence electrons. The van der Waals surface area contributed by atoms with Crippen LogP contribution < -0.4 is 20.3 Å². The molecule has 9 heteroatoms. The summed E-state index contributed by atoms with van der Waals surface area (Å²) in [6.45, 7) is 8.05. The van der Waals surface area contributed by atoms with E-state index in [1.807, 2.05) is 37.3 Å². The van der Waals surface area contributed by atoms with Gasteiger partial charge in [0.15, 0.2) is 0 Å². The van der Waals surface area contributed by atoms with Crippen molar-refractivity contribution >= 4 is 49.7 Å². The second kappa shape index (κ2) is 8.57. The molecule has 2 aromatic carbocycles. The number of aromatic nitrogens is 3. The van der Waals surface area contributed by atoms with Crippen LogP contribution in [-0.2, 0) is 0 Å². The van der Waals surface area contributed by atoms with Gasteiger partial charge in [-0.15, -0.1) is 11.3 Å². The van der Waals surface area contributed by atoms with Gasteiger partial charge >= 0.3 is 6.01 Å². The topological polar surface area (TPSA) is 92.3 Å². The average Bonchev–Trinajstić information content (AvgIpc) is 3.16. The fourth-order valence-corrected chi connectivity index (χ4v) is 5.30. The lowest BCUT2D eigenvalue weighted by Gasteiger charge is -2.38. The second-order valence-electron chi connectivity index (χ2n) is 8.49. The molecule has 1 fully saturated rings. The number of hydrogen-bond donors (Lipinski definition) is 2. The number of methoxy groups -OCH3 is 1. The summed E-state index contributed by atoms with van der Waals surface area (Å²) < 4.78 is 6.36. The lowest BCUT2D eigenvalue weighted by Crippen LogP contribution is -2.54. The maximum atomic E-state index is 13.3. The molecule has 0 radical (unpaired) electrons. The third-order valence-corrected chi connectivity index (χ3v) is 6.74. The van der Waals surface area contributed by atoms with Crippen molar-refractivity contribution < 1.29 is 9.53 Å². The highest BCUT2D eigenvalue weighted by Gasteiger charge is 2.24. The van der Waals surface area contributed by atoms with Crippen LogP contribution >= 0.6 is 11.3 Å². The number of piperazine rings is 1. The highest BCUT2D eigenvalue weighted by atomic mass is 32.1. The number of rotatable bonds is 4. The molecule has 0 saturated carbocycles. The van der Waals surface area contributed by atoms with Gasteiger partial charge in [-0.05, 0) is 51.1 Å². The van der Waals surface area contributed by atoms with Crippen molar-refractivity contribution in [2.45, 2.75) is 32.9 Å². The normalized spacial score (nSPS) is 18.6. The fourth-order valence-electron chi connectivity index (χ4n) is 4.49. The van der Waals surface area contributed by atoms with Crippen molar-refractivity contribution in [3.8, 4) is 6.01 Å². The standard InChI is InChI=1S/C24H26N6O2S/c1-13-11-30(12-14(2)26-13)20-7-6-17(22-18(20)10-25-24(29-22)32-4)23(31)28-16-5-8-21-19(9-16)27-15(3)33-21/h5-10,13-14,26H,11-12H2,1-4H3,(H,28,31)/t13-,14-/m0/s1. The van der Waals surface area contributed by atoms with Crippen LogP contribution in [0.3, 0.4) is 0 Å². The number of nitrogens with one attached hydrogen (secondary N) is 2. The van der Waals surface area contributed by atoms with E-state index >= 15 is 0 Å². The monoisotopic (exact) mass is 462 g/mol. The number of ether oxygens (including phenoxy) is 1. The summed E-state index contributed by atoms with van der Waals surface area (Å²) in [5.41, 5.74) is 3.63. The molecule has 4 aromatic rings. The van der Waals surface area contributed by atoms with Crippen LogP contribution in [0.1, 0.15) is 29.2 Å². The third kappa shape index (κ3) is 4.21. The summed E-state index contributed by atoms with van der Waals surface area (Å²) in [4.78, 5) is 29.0. The lowest BCUT2D eigenvalue weighted by molar-refractivity contribution is 0.102. The molecule has 1 aliphatic rings. The number of thiazole rings is 1. The molecule has 2 atom stereocenters. The van der Waals surface area contributed by atoms with Crippen LogP contribution in [0.2, 0.25) is 0 Å². The Morgan fingerprint density at radius 3 is 2.73 bits per heavy atom. The number of hydrogen-bond acceptors (Lipinski definition) is 8. The molecule has 3 heterocycles. The van der Waals surface area contributed by atoms with Gasteiger partial charge in [0.05, 0.1) is 33.4 Å². The minimum absolute atomic E-state index is 0.232. The molecule has 0 unspecified atom stereocenters. The Balaban J connectivity index is 1.53. The molecule has 0 bridgehead atoms. The van der Waals surface area contributed by atoms with Crippen molar-refractivity contribution in [2.75, 3.05) is 30.4 Å². The number of amides is 1. The van der Waals surface area contributed by atoms with E-state index in [-0.39, 0.29) is 11.9 Å². The van der Waals surface area contributed by atoms with E-state index in [0.29, 0.717) is 28.9 Å². The third-order valence-electron chi connectivity index (χ3n) is 5.78. The molecule has 0 spiro atoms. The zero-order valence-corrected chi connectivity index (χ0v) is 19.9. The lowest BCUT2D eigenvalue weighted by atomic mass is 10.0. The first-order valence-electron chi connectivity index (χ1n) is 10.9. The molecule has 1 aliphatic heterocycles. The number of anilines is 2. The fraction of sp³-hybridized carbons (Fsp3) is 0.333. The van der Waals surface area contributed by atoms with Crippen molar-refractivity contribution in [1.29, 1.82) is 0 Å². The van der Waals surface area contributed by atoms with E-state index in [4.69, 9.17) is 4.74 Å². The Morgan fingerprint density at radius 1 is 1.18 bits per heavy atom. The van der Waals surface area contributed by atoms with Crippen LogP contribution in [0.25, 0.3) is 21.1 Å². The highest BCUT2D eigenvalue weighted by molar-refractivity contribution is 7.18. The predicted octanol–water partition coefficient (Wildman–Crippen LogP) is 4.00. The van der Waals surface area contributed by atoms with E-state index in [0.717, 1.165) is 39.4 Å². The molecule has 1 saturated heterocycles. The van der Waals surface area contributed by atoms with Gasteiger partial charge in [0.1, 0.15) is 0 Å². The molecular formula is C24H26N6O2S. The van der Waals surface area contributed by atoms with Gasteiger partial charge in [0.2, 0.25) is 0 Å². The Kier molecular flexibility index (Phi) is 5.59. The molecule has 8 nitrogen and oxygen atoms in total. The summed E-state index contributed by atoms with van der Waals surface area (Å²) in [5, 5.41) is 8.38. The van der Waals surface area contributed by atoms with Crippen LogP contribution in [0, 0.1) is 6.92 Å². The smallest absolute Gasteiger partial charge is 0.316 e. The number of carbonyl (C=O) groups excluding carboxylic acids is 1. The first-order valence-corrected chi connectivity index (χ1v) is 11.8. The van der Waals surface area contributed by atoms with Crippen LogP contribution in [0.4, 0.5) is 11.4 Å². The van der Waals surface area contributed by atoms with Crippen molar-refractivity contribution in [2.24, 2.45) is 0 Å². The molecule has 2 aromatic heterocycles. The number of aryl methyl sites for hydroxylation is 1. The van der Waals surface area contributed by atoms with Crippen LogP contribution in [0.15, 0.2) is 36.5 Å². The summed E-state index contributed by atoms with van der Waals surface area (Å²) >= 11 is 1.63. The van der Waals surface area contributed by atoms with Crippen LogP contribution in [0.5, 0.6) is 6.01 Å². The van der Waals surface area contributed by atoms with Crippen molar-refractivity contribution in [1.82, 2.24) is 20.3 Å². The zero-order chi connectivity index (χ0) is 23.1. The van der Waals surface area contributed by atoms with Gasteiger partial charge in [-0.25, -0.2) is 9.97 Å². The molecule has 33 heavy (non-hydrogen) atoms. The molecule has 1 amide bonds. The maximum absolute atomic E-state index is 13.3. The van der Waals surface area contributed by atoms with Crippen molar-refractivity contribution in [3.05, 3.63) is 47.1 Å². The second-order valence-corrected chi connectivity index (χ2v) is 9.73. The van der Waals surface area contributed by atoms with Crippen LogP contribution in [-0.4, -0.2) is 53.1 Å². The van der Waals surface area contributed by atoms with E-state index in [9.17, 15) is 4.79 Å². The maximum Gasteiger partial charge on any atom is 0.316 e. The highest BCUT2D eigenvalue weighted by Crippen LogP contribution is 2.31. The summed E-state index contributed by atoms with van der Waals surface area (Å²) in [5.74, 6) is -0.236. The number of fused-ring (bicyclic) bond motifs is 2. The molecule has 2 N–H and O–H groups in total. The van der Waals surface area contributed by atoms with Gasteiger partial charge < -0.3 is 20.3 Å². The molecular weight excluding hydrogens is 436 g/mol. The summed E-state index contributed by atoms with van der Waals surface area (Å²) in [6.07, 6.45) is 1.74.